The lowest BCUT2D eigenvalue weighted by atomic mass is 9.99. The van der Waals surface area contributed by atoms with Crippen LogP contribution in [0.3, 0.4) is 0 Å². The number of nitrogens with zero attached hydrogens (tertiary/aromatic N) is 2. The van der Waals surface area contributed by atoms with Crippen molar-refractivity contribution in [2.24, 2.45) is 0 Å². The molecule has 4 nitrogen and oxygen atoms in total. The number of rotatable bonds is 0. The number of hydrogen-bond donors (Lipinski definition) is 1. The zero-order valence-electron chi connectivity index (χ0n) is 10.6. The quantitative estimate of drug-likeness (QED) is 0.667. The van der Waals surface area contributed by atoms with Crippen molar-refractivity contribution in [3.05, 3.63) is 52.4 Å². The third-order valence-corrected chi connectivity index (χ3v) is 3.86. The molecule has 2 aromatic heterocycles. The fourth-order valence-corrected chi connectivity index (χ4v) is 3.02. The molecule has 0 saturated heterocycles. The standard InChI is InChI=1S/C15H13N3O/c1-9-8-11-10-4-2-3-5-12(10)17-14(11)15-16-7-6-13(19)18(9)15/h2-7,9,17H,8H2,1H3/t9-/m1/s1. The van der Waals surface area contributed by atoms with Crippen LogP contribution in [0.15, 0.2) is 41.3 Å². The Bertz CT molecular complexity index is 844. The molecule has 0 radical (unpaired) electrons. The largest absolute Gasteiger partial charge is 0.352 e. The van der Waals surface area contributed by atoms with Crippen LogP contribution in [0.4, 0.5) is 0 Å². The molecule has 19 heavy (non-hydrogen) atoms. The molecular weight excluding hydrogens is 238 g/mol. The molecule has 0 amide bonds. The van der Waals surface area contributed by atoms with Crippen LogP contribution < -0.4 is 5.56 Å². The number of H-pyrrole nitrogens is 1. The van der Waals surface area contributed by atoms with Gasteiger partial charge in [0, 0.05) is 29.2 Å². The van der Waals surface area contributed by atoms with Crippen molar-refractivity contribution < 1.29 is 0 Å². The highest BCUT2D eigenvalue weighted by atomic mass is 16.1. The Labute approximate surface area is 109 Å². The molecule has 0 spiro atoms. The number of aromatic nitrogens is 3. The maximum atomic E-state index is 12.0. The minimum Gasteiger partial charge on any atom is -0.352 e. The van der Waals surface area contributed by atoms with Crippen LogP contribution in [-0.2, 0) is 6.42 Å². The van der Waals surface area contributed by atoms with Crippen molar-refractivity contribution in [3.8, 4) is 11.5 Å². The lowest BCUT2D eigenvalue weighted by Gasteiger charge is -2.23. The molecular formula is C15H13N3O. The van der Waals surface area contributed by atoms with E-state index in [9.17, 15) is 4.79 Å². The van der Waals surface area contributed by atoms with Crippen LogP contribution in [-0.4, -0.2) is 14.5 Å². The predicted molar refractivity (Wildman–Crippen MR) is 74.2 cm³/mol. The van der Waals surface area contributed by atoms with Crippen LogP contribution in [0.2, 0.25) is 0 Å². The molecule has 1 atom stereocenters. The highest BCUT2D eigenvalue weighted by molar-refractivity contribution is 5.90. The van der Waals surface area contributed by atoms with Crippen LogP contribution in [0.25, 0.3) is 22.4 Å². The maximum Gasteiger partial charge on any atom is 0.254 e. The first-order valence-corrected chi connectivity index (χ1v) is 6.43. The topological polar surface area (TPSA) is 50.7 Å². The summed E-state index contributed by atoms with van der Waals surface area (Å²) in [5, 5.41) is 1.23. The Hall–Kier alpha value is -2.36. The Kier molecular flexibility index (Phi) is 1.98. The van der Waals surface area contributed by atoms with E-state index >= 15 is 0 Å². The van der Waals surface area contributed by atoms with Gasteiger partial charge < -0.3 is 4.98 Å². The molecule has 1 N–H and O–H groups in total. The zero-order valence-corrected chi connectivity index (χ0v) is 10.6. The van der Waals surface area contributed by atoms with Crippen molar-refractivity contribution in [2.45, 2.75) is 19.4 Å². The summed E-state index contributed by atoms with van der Waals surface area (Å²) < 4.78 is 1.78. The van der Waals surface area contributed by atoms with E-state index in [2.05, 4.69) is 29.0 Å². The van der Waals surface area contributed by atoms with Crippen LogP contribution in [0, 0.1) is 0 Å². The summed E-state index contributed by atoms with van der Waals surface area (Å²) in [6.07, 6.45) is 2.44. The van der Waals surface area contributed by atoms with Gasteiger partial charge in [0.2, 0.25) is 0 Å². The van der Waals surface area contributed by atoms with Crippen molar-refractivity contribution in [1.82, 2.24) is 14.5 Å². The van der Waals surface area contributed by atoms with Crippen molar-refractivity contribution in [1.29, 1.82) is 0 Å². The van der Waals surface area contributed by atoms with Crippen LogP contribution in [0.5, 0.6) is 0 Å². The van der Waals surface area contributed by atoms with Crippen LogP contribution >= 0.6 is 0 Å². The van der Waals surface area contributed by atoms with E-state index in [1.807, 2.05) is 12.1 Å². The highest BCUT2D eigenvalue weighted by Crippen LogP contribution is 2.35. The molecule has 0 unspecified atom stereocenters. The summed E-state index contributed by atoms with van der Waals surface area (Å²) in [6.45, 7) is 2.07. The first-order valence-electron chi connectivity index (χ1n) is 6.43. The second-order valence-electron chi connectivity index (χ2n) is 5.05. The van der Waals surface area contributed by atoms with E-state index in [0.29, 0.717) is 0 Å². The van der Waals surface area contributed by atoms with Gasteiger partial charge in [-0.3, -0.25) is 9.36 Å². The average Bonchev–Trinajstić information content (AvgIpc) is 2.78. The molecule has 0 aliphatic carbocycles. The summed E-state index contributed by atoms with van der Waals surface area (Å²) >= 11 is 0. The number of benzene rings is 1. The molecule has 1 aromatic carbocycles. The van der Waals surface area contributed by atoms with E-state index in [0.717, 1.165) is 23.5 Å². The molecule has 94 valence electrons. The lowest BCUT2D eigenvalue weighted by Crippen LogP contribution is -2.29. The Balaban J connectivity index is 2.14. The Morgan fingerprint density at radius 1 is 1.32 bits per heavy atom. The van der Waals surface area contributed by atoms with Gasteiger partial charge in [-0.2, -0.15) is 0 Å². The molecule has 1 aliphatic rings. The average molecular weight is 251 g/mol. The van der Waals surface area contributed by atoms with Gasteiger partial charge in [0.1, 0.15) is 0 Å². The second kappa shape index (κ2) is 3.57. The normalized spacial score (nSPS) is 17.2. The van der Waals surface area contributed by atoms with E-state index in [-0.39, 0.29) is 11.6 Å². The summed E-state index contributed by atoms with van der Waals surface area (Å²) in [7, 11) is 0. The molecule has 4 rings (SSSR count). The smallest absolute Gasteiger partial charge is 0.254 e. The molecule has 4 heteroatoms. The fraction of sp³-hybridized carbons (Fsp3) is 0.200. The van der Waals surface area contributed by atoms with Gasteiger partial charge in [0.15, 0.2) is 5.82 Å². The molecule has 0 fully saturated rings. The van der Waals surface area contributed by atoms with Gasteiger partial charge in [0.05, 0.1) is 5.69 Å². The Morgan fingerprint density at radius 3 is 3.05 bits per heavy atom. The van der Waals surface area contributed by atoms with Crippen molar-refractivity contribution in [3.63, 3.8) is 0 Å². The molecule has 3 aromatic rings. The lowest BCUT2D eigenvalue weighted by molar-refractivity contribution is 0.513. The van der Waals surface area contributed by atoms with Gasteiger partial charge >= 0.3 is 0 Å². The van der Waals surface area contributed by atoms with Gasteiger partial charge in [-0.1, -0.05) is 18.2 Å². The second-order valence-corrected chi connectivity index (χ2v) is 5.05. The van der Waals surface area contributed by atoms with Gasteiger partial charge in [-0.15, -0.1) is 0 Å². The number of fused-ring (bicyclic) bond motifs is 5. The molecule has 1 aliphatic heterocycles. The number of para-hydroxylation sites is 1. The number of nitrogens with one attached hydrogen (secondary N) is 1. The molecule has 0 bridgehead atoms. The van der Waals surface area contributed by atoms with E-state index in [1.54, 1.807) is 10.8 Å². The maximum absolute atomic E-state index is 12.0. The van der Waals surface area contributed by atoms with Crippen molar-refractivity contribution >= 4 is 10.9 Å². The van der Waals surface area contributed by atoms with E-state index < -0.39 is 0 Å². The van der Waals surface area contributed by atoms with E-state index in [1.165, 1.54) is 17.0 Å². The third-order valence-electron chi connectivity index (χ3n) is 3.86. The van der Waals surface area contributed by atoms with Crippen LogP contribution in [0.1, 0.15) is 18.5 Å². The van der Waals surface area contributed by atoms with Crippen molar-refractivity contribution in [2.75, 3.05) is 0 Å². The van der Waals surface area contributed by atoms with Gasteiger partial charge in [-0.05, 0) is 25.0 Å². The fourth-order valence-electron chi connectivity index (χ4n) is 3.02. The number of hydrogen-bond acceptors (Lipinski definition) is 2. The SMILES string of the molecule is C[C@@H]1Cc2c([nH]c3ccccc23)-c2nccc(=O)n21. The predicted octanol–water partition coefficient (Wildman–Crippen LogP) is 2.51. The summed E-state index contributed by atoms with van der Waals surface area (Å²) in [5.74, 6) is 0.748. The third kappa shape index (κ3) is 1.34. The number of aromatic amines is 1. The van der Waals surface area contributed by atoms with Gasteiger partial charge in [0.25, 0.3) is 5.56 Å². The first-order chi connectivity index (χ1) is 9.25. The summed E-state index contributed by atoms with van der Waals surface area (Å²) in [4.78, 5) is 19.8. The molecule has 0 saturated carbocycles. The van der Waals surface area contributed by atoms with E-state index in [4.69, 9.17) is 0 Å². The van der Waals surface area contributed by atoms with Gasteiger partial charge in [-0.25, -0.2) is 4.98 Å². The Morgan fingerprint density at radius 2 is 2.16 bits per heavy atom. The highest BCUT2D eigenvalue weighted by Gasteiger charge is 2.26. The summed E-state index contributed by atoms with van der Waals surface area (Å²) in [6, 6.07) is 9.90. The summed E-state index contributed by atoms with van der Waals surface area (Å²) in [5.41, 5.74) is 3.37. The monoisotopic (exact) mass is 251 g/mol. The molecule has 3 heterocycles. The minimum absolute atomic E-state index is 0.0156. The zero-order chi connectivity index (χ0) is 13.0. The first kappa shape index (κ1) is 10.6. The minimum atomic E-state index is 0.0156.